The van der Waals surface area contributed by atoms with E-state index in [4.69, 9.17) is 10.5 Å². The van der Waals surface area contributed by atoms with E-state index >= 15 is 0 Å². The van der Waals surface area contributed by atoms with Crippen molar-refractivity contribution in [2.24, 2.45) is 11.1 Å². The molecule has 0 bridgehead atoms. The van der Waals surface area contributed by atoms with E-state index in [9.17, 15) is 0 Å². The van der Waals surface area contributed by atoms with Crippen LogP contribution in [0.3, 0.4) is 0 Å². The molecule has 0 unspecified atom stereocenters. The average molecular weight is 264 g/mol. The Morgan fingerprint density at radius 3 is 2.68 bits per heavy atom. The van der Waals surface area contributed by atoms with Crippen molar-refractivity contribution in [1.29, 1.82) is 0 Å². The highest BCUT2D eigenvalue weighted by Gasteiger charge is 2.29. The summed E-state index contributed by atoms with van der Waals surface area (Å²) in [7, 11) is 0. The van der Waals surface area contributed by atoms with E-state index < -0.39 is 0 Å². The number of aromatic nitrogens is 2. The summed E-state index contributed by atoms with van der Waals surface area (Å²) in [6, 6.07) is 1.80. The zero-order valence-corrected chi connectivity index (χ0v) is 12.1. The molecule has 19 heavy (non-hydrogen) atoms. The van der Waals surface area contributed by atoms with Gasteiger partial charge in [0, 0.05) is 25.4 Å². The zero-order valence-electron chi connectivity index (χ0n) is 12.1. The Balaban J connectivity index is 2.03. The molecule has 1 aromatic rings. The summed E-state index contributed by atoms with van der Waals surface area (Å²) in [6.07, 6.45) is 4.06. The molecule has 1 saturated heterocycles. The van der Waals surface area contributed by atoms with Crippen molar-refractivity contribution in [2.75, 3.05) is 24.5 Å². The summed E-state index contributed by atoms with van der Waals surface area (Å²) in [6.45, 7) is 8.91. The van der Waals surface area contributed by atoms with Crippen molar-refractivity contribution in [3.05, 3.63) is 12.3 Å². The second-order valence-electron chi connectivity index (χ2n) is 5.86. The quantitative estimate of drug-likeness (QED) is 0.898. The molecule has 1 aromatic heterocycles. The lowest BCUT2D eigenvalue weighted by molar-refractivity contribution is 0.231. The van der Waals surface area contributed by atoms with E-state index in [2.05, 4.69) is 21.8 Å². The second kappa shape index (κ2) is 5.74. The van der Waals surface area contributed by atoms with Crippen LogP contribution < -0.4 is 15.4 Å². The molecule has 1 aliphatic heterocycles. The van der Waals surface area contributed by atoms with Crippen LogP contribution >= 0.6 is 0 Å². The molecule has 5 nitrogen and oxygen atoms in total. The smallest absolute Gasteiger partial charge is 0.228 e. The molecule has 1 fully saturated rings. The van der Waals surface area contributed by atoms with E-state index in [1.54, 1.807) is 12.3 Å². The normalized spacial score (nSPS) is 18.7. The van der Waals surface area contributed by atoms with Gasteiger partial charge in [-0.2, -0.15) is 4.98 Å². The van der Waals surface area contributed by atoms with Crippen molar-refractivity contribution in [2.45, 2.75) is 39.7 Å². The lowest BCUT2D eigenvalue weighted by atomic mass is 9.81. The van der Waals surface area contributed by atoms with Crippen LogP contribution in [0.15, 0.2) is 12.3 Å². The van der Waals surface area contributed by atoms with E-state index in [1.807, 2.05) is 13.8 Å². The first-order chi connectivity index (χ1) is 9.02. The van der Waals surface area contributed by atoms with E-state index in [-0.39, 0.29) is 11.5 Å². The largest absolute Gasteiger partial charge is 0.475 e. The van der Waals surface area contributed by atoms with Gasteiger partial charge in [-0.3, -0.25) is 0 Å². The fourth-order valence-electron chi connectivity index (χ4n) is 2.24. The molecule has 1 aliphatic rings. The summed E-state index contributed by atoms with van der Waals surface area (Å²) in [5.74, 6) is 1.41. The van der Waals surface area contributed by atoms with Crippen LogP contribution in [0.4, 0.5) is 5.95 Å². The van der Waals surface area contributed by atoms with Crippen molar-refractivity contribution in [3.8, 4) is 5.88 Å². The monoisotopic (exact) mass is 264 g/mol. The van der Waals surface area contributed by atoms with Gasteiger partial charge in [0.25, 0.3) is 0 Å². The molecule has 2 heterocycles. The van der Waals surface area contributed by atoms with Crippen LogP contribution in [0.25, 0.3) is 0 Å². The third kappa shape index (κ3) is 3.56. The maximum Gasteiger partial charge on any atom is 0.228 e. The van der Waals surface area contributed by atoms with Crippen molar-refractivity contribution < 1.29 is 4.74 Å². The number of hydrogen-bond acceptors (Lipinski definition) is 5. The summed E-state index contributed by atoms with van der Waals surface area (Å²) in [4.78, 5) is 11.0. The van der Waals surface area contributed by atoms with Crippen molar-refractivity contribution in [3.63, 3.8) is 0 Å². The first kappa shape index (κ1) is 14.1. The van der Waals surface area contributed by atoms with Crippen molar-refractivity contribution >= 4 is 5.95 Å². The minimum atomic E-state index is 0.129. The highest BCUT2D eigenvalue weighted by atomic mass is 16.5. The van der Waals surface area contributed by atoms with Crippen LogP contribution in [0.1, 0.15) is 33.6 Å². The third-order valence-electron chi connectivity index (χ3n) is 3.72. The average Bonchev–Trinajstić information content (AvgIpc) is 2.39. The summed E-state index contributed by atoms with van der Waals surface area (Å²) >= 11 is 0. The second-order valence-corrected chi connectivity index (χ2v) is 5.86. The molecule has 2 rings (SSSR count). The van der Waals surface area contributed by atoms with Crippen LogP contribution in [0, 0.1) is 5.41 Å². The molecule has 0 aromatic carbocycles. The summed E-state index contributed by atoms with van der Waals surface area (Å²) < 4.78 is 5.61. The van der Waals surface area contributed by atoms with Gasteiger partial charge in [0.2, 0.25) is 11.8 Å². The number of anilines is 1. The fourth-order valence-corrected chi connectivity index (χ4v) is 2.24. The number of nitrogens with zero attached hydrogens (tertiary/aromatic N) is 3. The van der Waals surface area contributed by atoms with Gasteiger partial charge in [0.05, 0.1) is 6.10 Å². The Hall–Kier alpha value is -1.36. The molecular weight excluding hydrogens is 240 g/mol. The lowest BCUT2D eigenvalue weighted by Crippen LogP contribution is -2.42. The number of nitrogens with two attached hydrogens (primary N) is 1. The van der Waals surface area contributed by atoms with Gasteiger partial charge >= 0.3 is 0 Å². The van der Waals surface area contributed by atoms with Gasteiger partial charge in [-0.25, -0.2) is 4.98 Å². The van der Waals surface area contributed by atoms with Gasteiger partial charge in [-0.05, 0) is 38.6 Å². The first-order valence-corrected chi connectivity index (χ1v) is 6.97. The molecule has 0 spiro atoms. The molecule has 5 heteroatoms. The summed E-state index contributed by atoms with van der Waals surface area (Å²) in [5, 5.41) is 0. The van der Waals surface area contributed by atoms with Gasteiger partial charge in [0.1, 0.15) is 0 Å². The molecule has 0 radical (unpaired) electrons. The minimum absolute atomic E-state index is 0.129. The van der Waals surface area contributed by atoms with Gasteiger partial charge in [-0.15, -0.1) is 0 Å². The van der Waals surface area contributed by atoms with E-state index in [0.717, 1.165) is 38.4 Å². The lowest BCUT2D eigenvalue weighted by Gasteiger charge is -2.38. The van der Waals surface area contributed by atoms with E-state index in [1.165, 1.54) is 0 Å². The molecular formula is C14H24N4O. The topological polar surface area (TPSA) is 64.3 Å². The fraction of sp³-hybridized carbons (Fsp3) is 0.714. The third-order valence-corrected chi connectivity index (χ3v) is 3.72. The number of hydrogen-bond donors (Lipinski definition) is 1. The molecule has 0 atom stereocenters. The predicted octanol–water partition coefficient (Wildman–Crippen LogP) is 1.83. The van der Waals surface area contributed by atoms with Crippen LogP contribution in [0.2, 0.25) is 0 Å². The standard InChI is InChI=1S/C14H24N4O/c1-11(2)19-12-4-7-16-13(17-12)18-8-5-14(3,10-15)6-9-18/h4,7,11H,5-6,8-10,15H2,1-3H3. The predicted molar refractivity (Wildman–Crippen MR) is 76.4 cm³/mol. The highest BCUT2D eigenvalue weighted by Crippen LogP contribution is 2.31. The molecule has 0 amide bonds. The Labute approximate surface area is 115 Å². The molecule has 2 N–H and O–H groups in total. The van der Waals surface area contributed by atoms with E-state index in [0.29, 0.717) is 5.88 Å². The summed E-state index contributed by atoms with van der Waals surface area (Å²) in [5.41, 5.74) is 6.10. The molecule has 0 aliphatic carbocycles. The van der Waals surface area contributed by atoms with Crippen LogP contribution in [-0.4, -0.2) is 35.7 Å². The number of piperidine rings is 1. The molecule has 0 saturated carbocycles. The van der Waals surface area contributed by atoms with Gasteiger partial charge < -0.3 is 15.4 Å². The Morgan fingerprint density at radius 2 is 2.11 bits per heavy atom. The first-order valence-electron chi connectivity index (χ1n) is 6.97. The SMILES string of the molecule is CC(C)Oc1ccnc(N2CCC(C)(CN)CC2)n1. The maximum absolute atomic E-state index is 5.83. The maximum atomic E-state index is 5.83. The zero-order chi connectivity index (χ0) is 13.9. The Morgan fingerprint density at radius 1 is 1.42 bits per heavy atom. The Kier molecular flexibility index (Phi) is 4.24. The van der Waals surface area contributed by atoms with Crippen LogP contribution in [-0.2, 0) is 0 Å². The minimum Gasteiger partial charge on any atom is -0.475 e. The Bertz CT molecular complexity index is 414. The van der Waals surface area contributed by atoms with Crippen molar-refractivity contribution in [1.82, 2.24) is 9.97 Å². The van der Waals surface area contributed by atoms with Gasteiger partial charge in [-0.1, -0.05) is 6.92 Å². The number of ether oxygens (including phenoxy) is 1. The van der Waals surface area contributed by atoms with Gasteiger partial charge in [0.15, 0.2) is 0 Å². The number of rotatable bonds is 4. The molecule has 106 valence electrons. The highest BCUT2D eigenvalue weighted by molar-refractivity contribution is 5.32. The van der Waals surface area contributed by atoms with Crippen LogP contribution in [0.5, 0.6) is 5.88 Å².